The van der Waals surface area contributed by atoms with Gasteiger partial charge in [-0.3, -0.25) is 19.8 Å². The van der Waals surface area contributed by atoms with Crippen molar-refractivity contribution in [2.45, 2.75) is 6.54 Å². The molecule has 0 radical (unpaired) electrons. The van der Waals surface area contributed by atoms with Gasteiger partial charge < -0.3 is 10.1 Å². The van der Waals surface area contributed by atoms with E-state index in [1.54, 1.807) is 6.07 Å². The Balaban J connectivity index is 2.00. The van der Waals surface area contributed by atoms with E-state index in [0.29, 0.717) is 12.3 Å². The summed E-state index contributed by atoms with van der Waals surface area (Å²) in [4.78, 5) is 24.5. The van der Waals surface area contributed by atoms with Crippen LogP contribution in [0.5, 0.6) is 5.75 Å². The van der Waals surface area contributed by atoms with E-state index in [1.165, 1.54) is 19.2 Å². The second kappa shape index (κ2) is 8.07. The second-order valence-corrected chi connectivity index (χ2v) is 5.35. The fourth-order valence-electron chi connectivity index (χ4n) is 2.28. The van der Waals surface area contributed by atoms with E-state index in [1.807, 2.05) is 42.3 Å². The SMILES string of the molecule is COc1ccc(NC(=O)CN(C)Cc2ccccc2)c([N+](=O)[O-])c1. The maximum atomic E-state index is 12.1. The first kappa shape index (κ1) is 17.4. The number of ether oxygens (including phenoxy) is 1. The van der Waals surface area contributed by atoms with Crippen LogP contribution >= 0.6 is 0 Å². The van der Waals surface area contributed by atoms with Gasteiger partial charge in [0.1, 0.15) is 11.4 Å². The van der Waals surface area contributed by atoms with Crippen LogP contribution in [0.4, 0.5) is 11.4 Å². The Bertz CT molecular complexity index is 719. The summed E-state index contributed by atoms with van der Waals surface area (Å²) in [5.41, 5.74) is 1.04. The molecule has 0 aliphatic heterocycles. The Labute approximate surface area is 140 Å². The zero-order valence-corrected chi connectivity index (χ0v) is 13.6. The number of methoxy groups -OCH3 is 1. The number of nitrogens with one attached hydrogen (secondary N) is 1. The first-order valence-electron chi connectivity index (χ1n) is 7.34. The molecule has 0 aromatic heterocycles. The van der Waals surface area contributed by atoms with Crippen LogP contribution in [0.1, 0.15) is 5.56 Å². The van der Waals surface area contributed by atoms with Crippen molar-refractivity contribution in [3.05, 3.63) is 64.2 Å². The molecule has 0 fully saturated rings. The minimum absolute atomic E-state index is 0.123. The number of hydrogen-bond acceptors (Lipinski definition) is 5. The first-order valence-corrected chi connectivity index (χ1v) is 7.34. The molecule has 0 saturated carbocycles. The largest absolute Gasteiger partial charge is 0.496 e. The summed E-state index contributed by atoms with van der Waals surface area (Å²) >= 11 is 0. The Kier molecular flexibility index (Phi) is 5.86. The number of carbonyl (C=O) groups excluding carboxylic acids is 1. The molecule has 7 heteroatoms. The summed E-state index contributed by atoms with van der Waals surface area (Å²) in [6.45, 7) is 0.733. The van der Waals surface area contributed by atoms with Gasteiger partial charge in [0.15, 0.2) is 0 Å². The fourth-order valence-corrected chi connectivity index (χ4v) is 2.28. The number of amides is 1. The molecule has 0 saturated heterocycles. The maximum absolute atomic E-state index is 12.1. The van der Waals surface area contributed by atoms with Crippen LogP contribution in [-0.2, 0) is 11.3 Å². The maximum Gasteiger partial charge on any atom is 0.296 e. The average molecular weight is 329 g/mol. The molecule has 0 aliphatic carbocycles. The Morgan fingerprint density at radius 3 is 2.58 bits per heavy atom. The number of likely N-dealkylation sites (N-methyl/N-ethyl adjacent to an activating group) is 1. The lowest BCUT2D eigenvalue weighted by Gasteiger charge is -2.16. The summed E-state index contributed by atoms with van der Waals surface area (Å²) in [5, 5.41) is 13.7. The summed E-state index contributed by atoms with van der Waals surface area (Å²) < 4.78 is 4.97. The molecule has 0 bridgehead atoms. The number of anilines is 1. The minimum Gasteiger partial charge on any atom is -0.496 e. The number of rotatable bonds is 7. The van der Waals surface area contributed by atoms with Crippen LogP contribution in [0, 0.1) is 10.1 Å². The van der Waals surface area contributed by atoms with Gasteiger partial charge in [-0.25, -0.2) is 0 Å². The molecule has 24 heavy (non-hydrogen) atoms. The molecule has 1 amide bonds. The Morgan fingerprint density at radius 2 is 1.96 bits per heavy atom. The predicted octanol–water partition coefficient (Wildman–Crippen LogP) is 2.67. The van der Waals surface area contributed by atoms with Crippen molar-refractivity contribution in [3.8, 4) is 5.75 Å². The van der Waals surface area contributed by atoms with Crippen LogP contribution in [0.2, 0.25) is 0 Å². The van der Waals surface area contributed by atoms with E-state index >= 15 is 0 Å². The highest BCUT2D eigenvalue weighted by Crippen LogP contribution is 2.28. The molecule has 0 aliphatic rings. The number of nitrogens with zero attached hydrogens (tertiary/aromatic N) is 2. The number of benzene rings is 2. The zero-order chi connectivity index (χ0) is 17.5. The normalized spacial score (nSPS) is 10.5. The van der Waals surface area contributed by atoms with Gasteiger partial charge in [-0.2, -0.15) is 0 Å². The van der Waals surface area contributed by atoms with Crippen LogP contribution in [0.25, 0.3) is 0 Å². The van der Waals surface area contributed by atoms with Crippen LogP contribution in [0.3, 0.4) is 0 Å². The summed E-state index contributed by atoms with van der Waals surface area (Å²) in [7, 11) is 3.24. The quantitative estimate of drug-likeness (QED) is 0.623. The number of carbonyl (C=O) groups is 1. The molecule has 0 atom stereocenters. The highest BCUT2D eigenvalue weighted by atomic mass is 16.6. The molecular formula is C17H19N3O4. The van der Waals surface area contributed by atoms with Crippen LogP contribution in [-0.4, -0.2) is 36.4 Å². The summed E-state index contributed by atoms with van der Waals surface area (Å²) in [6, 6.07) is 14.1. The van der Waals surface area contributed by atoms with E-state index in [4.69, 9.17) is 4.74 Å². The first-order chi connectivity index (χ1) is 11.5. The third kappa shape index (κ3) is 4.79. The molecule has 2 rings (SSSR count). The Morgan fingerprint density at radius 1 is 1.25 bits per heavy atom. The summed E-state index contributed by atoms with van der Waals surface area (Å²) in [5.74, 6) is 0.0441. The number of hydrogen-bond donors (Lipinski definition) is 1. The van der Waals surface area contributed by atoms with Crippen molar-refractivity contribution in [2.75, 3.05) is 26.0 Å². The summed E-state index contributed by atoms with van der Waals surface area (Å²) in [6.07, 6.45) is 0. The zero-order valence-electron chi connectivity index (χ0n) is 13.6. The predicted molar refractivity (Wildman–Crippen MR) is 91.1 cm³/mol. The van der Waals surface area contributed by atoms with Gasteiger partial charge in [0.2, 0.25) is 5.91 Å². The smallest absolute Gasteiger partial charge is 0.296 e. The average Bonchev–Trinajstić information content (AvgIpc) is 2.55. The topological polar surface area (TPSA) is 84.7 Å². The molecule has 126 valence electrons. The number of nitro groups is 1. The van der Waals surface area contributed by atoms with E-state index < -0.39 is 4.92 Å². The van der Waals surface area contributed by atoms with E-state index in [0.717, 1.165) is 5.56 Å². The van der Waals surface area contributed by atoms with Crippen molar-refractivity contribution in [2.24, 2.45) is 0 Å². The fraction of sp³-hybridized carbons (Fsp3) is 0.235. The highest BCUT2D eigenvalue weighted by molar-refractivity contribution is 5.94. The number of nitro benzene ring substituents is 1. The lowest BCUT2D eigenvalue weighted by atomic mass is 10.2. The molecule has 0 heterocycles. The van der Waals surface area contributed by atoms with Crippen LogP contribution < -0.4 is 10.1 Å². The molecule has 2 aromatic carbocycles. The molecule has 2 aromatic rings. The van der Waals surface area contributed by atoms with Gasteiger partial charge in [-0.15, -0.1) is 0 Å². The third-order valence-corrected chi connectivity index (χ3v) is 3.38. The highest BCUT2D eigenvalue weighted by Gasteiger charge is 2.17. The lowest BCUT2D eigenvalue weighted by Crippen LogP contribution is -2.30. The molecular weight excluding hydrogens is 310 g/mol. The minimum atomic E-state index is -0.550. The van der Waals surface area contributed by atoms with Crippen molar-refractivity contribution in [3.63, 3.8) is 0 Å². The van der Waals surface area contributed by atoms with Gasteiger partial charge in [0.25, 0.3) is 5.69 Å². The lowest BCUT2D eigenvalue weighted by molar-refractivity contribution is -0.384. The van der Waals surface area contributed by atoms with Gasteiger partial charge in [0, 0.05) is 6.54 Å². The van der Waals surface area contributed by atoms with Gasteiger partial charge >= 0.3 is 0 Å². The van der Waals surface area contributed by atoms with Crippen molar-refractivity contribution < 1.29 is 14.5 Å². The monoisotopic (exact) mass is 329 g/mol. The molecule has 1 N–H and O–H groups in total. The van der Waals surface area contributed by atoms with Crippen molar-refractivity contribution >= 4 is 17.3 Å². The molecule has 7 nitrogen and oxygen atoms in total. The van der Waals surface area contributed by atoms with E-state index in [9.17, 15) is 14.9 Å². The van der Waals surface area contributed by atoms with E-state index in [2.05, 4.69) is 5.32 Å². The van der Waals surface area contributed by atoms with Gasteiger partial charge in [-0.05, 0) is 24.7 Å². The van der Waals surface area contributed by atoms with Crippen molar-refractivity contribution in [1.82, 2.24) is 4.90 Å². The van der Waals surface area contributed by atoms with Crippen LogP contribution in [0.15, 0.2) is 48.5 Å². The van der Waals surface area contributed by atoms with Gasteiger partial charge in [0.05, 0.1) is 24.6 Å². The van der Waals surface area contributed by atoms with Crippen molar-refractivity contribution in [1.29, 1.82) is 0 Å². The van der Waals surface area contributed by atoms with E-state index in [-0.39, 0.29) is 23.8 Å². The third-order valence-electron chi connectivity index (χ3n) is 3.38. The second-order valence-electron chi connectivity index (χ2n) is 5.35. The standard InChI is InChI=1S/C17H19N3O4/c1-19(11-13-6-4-3-5-7-13)12-17(21)18-15-9-8-14(24-2)10-16(15)20(22)23/h3-10H,11-12H2,1-2H3,(H,18,21). The van der Waals surface area contributed by atoms with Gasteiger partial charge in [-0.1, -0.05) is 30.3 Å². The Hall–Kier alpha value is -2.93. The molecule has 0 unspecified atom stereocenters. The molecule has 0 spiro atoms.